The number of benzene rings is 1. The monoisotopic (exact) mass is 266 g/mol. The second-order valence-electron chi connectivity index (χ2n) is 4.24. The van der Waals surface area contributed by atoms with Gasteiger partial charge in [-0.05, 0) is 19.5 Å². The van der Waals surface area contributed by atoms with Crippen molar-refractivity contribution in [3.05, 3.63) is 50.9 Å². The standard InChI is InChI=1S/C13H15ClN2S/c1-10-4-3-5-11(6-10)8-16(2)9-12-7-15-13(14)17-12/h3-7H,8-9H2,1-2H3. The molecule has 0 aliphatic heterocycles. The molecule has 0 spiro atoms. The van der Waals surface area contributed by atoms with E-state index in [9.17, 15) is 0 Å². The molecule has 2 rings (SSSR count). The smallest absolute Gasteiger partial charge is 0.183 e. The zero-order chi connectivity index (χ0) is 12.3. The molecule has 2 aromatic rings. The van der Waals surface area contributed by atoms with E-state index in [0.29, 0.717) is 4.47 Å². The second-order valence-corrected chi connectivity index (χ2v) is 5.94. The van der Waals surface area contributed by atoms with Crippen molar-refractivity contribution in [2.45, 2.75) is 20.0 Å². The largest absolute Gasteiger partial charge is 0.297 e. The minimum Gasteiger partial charge on any atom is -0.297 e. The predicted octanol–water partition coefficient (Wildman–Crippen LogP) is 3.74. The van der Waals surface area contributed by atoms with Gasteiger partial charge in [-0.2, -0.15) is 0 Å². The minimum absolute atomic E-state index is 0.615. The van der Waals surface area contributed by atoms with Crippen LogP contribution >= 0.6 is 22.9 Å². The molecule has 0 atom stereocenters. The molecule has 0 bridgehead atoms. The van der Waals surface area contributed by atoms with Crippen LogP contribution in [0.1, 0.15) is 16.0 Å². The average molecular weight is 267 g/mol. The highest BCUT2D eigenvalue weighted by Crippen LogP contribution is 2.19. The maximum Gasteiger partial charge on any atom is 0.183 e. The van der Waals surface area contributed by atoms with Crippen LogP contribution in [0.3, 0.4) is 0 Å². The third-order valence-corrected chi connectivity index (χ3v) is 3.59. The Bertz CT molecular complexity index is 496. The molecular formula is C13H15ClN2S. The van der Waals surface area contributed by atoms with Crippen LogP contribution in [0.15, 0.2) is 30.5 Å². The van der Waals surface area contributed by atoms with E-state index in [-0.39, 0.29) is 0 Å². The summed E-state index contributed by atoms with van der Waals surface area (Å²) in [4.78, 5) is 7.51. The van der Waals surface area contributed by atoms with Crippen molar-refractivity contribution >= 4 is 22.9 Å². The van der Waals surface area contributed by atoms with Gasteiger partial charge in [0, 0.05) is 24.2 Å². The van der Waals surface area contributed by atoms with E-state index >= 15 is 0 Å². The van der Waals surface area contributed by atoms with Crippen LogP contribution < -0.4 is 0 Å². The van der Waals surface area contributed by atoms with Crippen LogP contribution in [0.25, 0.3) is 0 Å². The normalized spacial score (nSPS) is 11.1. The Morgan fingerprint density at radius 3 is 2.82 bits per heavy atom. The molecule has 17 heavy (non-hydrogen) atoms. The van der Waals surface area contributed by atoms with Crippen LogP contribution in [0.5, 0.6) is 0 Å². The van der Waals surface area contributed by atoms with E-state index in [1.165, 1.54) is 16.0 Å². The molecule has 0 saturated heterocycles. The Balaban J connectivity index is 1.95. The van der Waals surface area contributed by atoms with Gasteiger partial charge in [-0.25, -0.2) is 4.98 Å². The number of rotatable bonds is 4. The minimum atomic E-state index is 0.615. The number of nitrogens with zero attached hydrogens (tertiary/aromatic N) is 2. The van der Waals surface area contributed by atoms with Crippen LogP contribution in [0.2, 0.25) is 4.47 Å². The van der Waals surface area contributed by atoms with Crippen molar-refractivity contribution in [3.8, 4) is 0 Å². The number of hydrogen-bond acceptors (Lipinski definition) is 3. The molecule has 90 valence electrons. The van der Waals surface area contributed by atoms with Crippen molar-refractivity contribution in [3.63, 3.8) is 0 Å². The Kier molecular flexibility index (Phi) is 4.15. The van der Waals surface area contributed by atoms with E-state index in [0.717, 1.165) is 13.1 Å². The Morgan fingerprint density at radius 2 is 2.18 bits per heavy atom. The van der Waals surface area contributed by atoms with E-state index in [2.05, 4.69) is 48.1 Å². The van der Waals surface area contributed by atoms with Crippen molar-refractivity contribution in [2.24, 2.45) is 0 Å². The average Bonchev–Trinajstić information content (AvgIpc) is 2.63. The molecule has 0 unspecified atom stereocenters. The van der Waals surface area contributed by atoms with Crippen LogP contribution in [-0.2, 0) is 13.1 Å². The van der Waals surface area contributed by atoms with Crippen molar-refractivity contribution < 1.29 is 0 Å². The molecule has 1 heterocycles. The number of aromatic nitrogens is 1. The highest BCUT2D eigenvalue weighted by molar-refractivity contribution is 7.15. The first kappa shape index (κ1) is 12.6. The third-order valence-electron chi connectivity index (χ3n) is 2.49. The molecule has 2 nitrogen and oxygen atoms in total. The first-order chi connectivity index (χ1) is 8.13. The first-order valence-electron chi connectivity index (χ1n) is 5.48. The summed E-state index contributed by atoms with van der Waals surface area (Å²) in [6, 6.07) is 8.59. The lowest BCUT2D eigenvalue weighted by Gasteiger charge is -2.15. The first-order valence-corrected chi connectivity index (χ1v) is 6.67. The molecule has 0 N–H and O–H groups in total. The summed E-state index contributed by atoms with van der Waals surface area (Å²) in [6.07, 6.45) is 1.85. The maximum absolute atomic E-state index is 5.81. The van der Waals surface area contributed by atoms with Gasteiger partial charge in [0.2, 0.25) is 0 Å². The van der Waals surface area contributed by atoms with Gasteiger partial charge >= 0.3 is 0 Å². The van der Waals surface area contributed by atoms with E-state index in [4.69, 9.17) is 11.6 Å². The van der Waals surface area contributed by atoms with Crippen LogP contribution in [0.4, 0.5) is 0 Å². The van der Waals surface area contributed by atoms with Crippen molar-refractivity contribution in [2.75, 3.05) is 7.05 Å². The van der Waals surface area contributed by atoms with Crippen LogP contribution in [0, 0.1) is 6.92 Å². The van der Waals surface area contributed by atoms with Gasteiger partial charge in [0.25, 0.3) is 0 Å². The summed E-state index contributed by atoms with van der Waals surface area (Å²) in [6.45, 7) is 3.95. The molecule has 0 saturated carbocycles. The lowest BCUT2D eigenvalue weighted by molar-refractivity contribution is 0.321. The quantitative estimate of drug-likeness (QED) is 0.838. The van der Waals surface area contributed by atoms with Gasteiger partial charge in [-0.1, -0.05) is 41.4 Å². The topological polar surface area (TPSA) is 16.1 Å². The number of thiazole rings is 1. The summed E-state index contributed by atoms with van der Waals surface area (Å²) in [5.41, 5.74) is 2.64. The summed E-state index contributed by atoms with van der Waals surface area (Å²) in [5.74, 6) is 0. The zero-order valence-electron chi connectivity index (χ0n) is 9.98. The molecule has 0 aliphatic rings. The van der Waals surface area contributed by atoms with Gasteiger partial charge in [-0.3, -0.25) is 4.90 Å². The summed E-state index contributed by atoms with van der Waals surface area (Å²) in [7, 11) is 2.11. The molecule has 4 heteroatoms. The highest BCUT2D eigenvalue weighted by atomic mass is 35.5. The predicted molar refractivity (Wildman–Crippen MR) is 73.5 cm³/mol. The molecule has 1 aromatic heterocycles. The lowest BCUT2D eigenvalue weighted by Crippen LogP contribution is -2.16. The summed E-state index contributed by atoms with van der Waals surface area (Å²) < 4.78 is 0.615. The Hall–Kier alpha value is -0.900. The molecule has 0 fully saturated rings. The van der Waals surface area contributed by atoms with Crippen molar-refractivity contribution in [1.82, 2.24) is 9.88 Å². The fourth-order valence-corrected chi connectivity index (χ4v) is 2.86. The highest BCUT2D eigenvalue weighted by Gasteiger charge is 2.05. The summed E-state index contributed by atoms with van der Waals surface area (Å²) in [5, 5.41) is 0. The SMILES string of the molecule is Cc1cccc(CN(C)Cc2cnc(Cl)s2)c1. The fraction of sp³-hybridized carbons (Fsp3) is 0.308. The number of hydrogen-bond donors (Lipinski definition) is 0. The van der Waals surface area contributed by atoms with Gasteiger partial charge in [-0.15, -0.1) is 11.3 Å². The number of aryl methyl sites for hydroxylation is 1. The van der Waals surface area contributed by atoms with E-state index in [1.54, 1.807) is 11.3 Å². The molecule has 0 radical (unpaired) electrons. The molecule has 1 aromatic carbocycles. The van der Waals surface area contributed by atoms with Gasteiger partial charge in [0.15, 0.2) is 4.47 Å². The van der Waals surface area contributed by atoms with Gasteiger partial charge in [0.1, 0.15) is 0 Å². The maximum atomic E-state index is 5.81. The van der Waals surface area contributed by atoms with Crippen LogP contribution in [-0.4, -0.2) is 16.9 Å². The van der Waals surface area contributed by atoms with Gasteiger partial charge < -0.3 is 0 Å². The fourth-order valence-electron chi connectivity index (χ4n) is 1.80. The molecule has 0 aliphatic carbocycles. The third kappa shape index (κ3) is 3.80. The van der Waals surface area contributed by atoms with E-state index in [1.807, 2.05) is 6.20 Å². The second kappa shape index (κ2) is 5.63. The van der Waals surface area contributed by atoms with Gasteiger partial charge in [0.05, 0.1) is 0 Å². The zero-order valence-corrected chi connectivity index (χ0v) is 11.6. The lowest BCUT2D eigenvalue weighted by atomic mass is 10.1. The Labute approximate surface area is 111 Å². The molecular weight excluding hydrogens is 252 g/mol. The molecule has 0 amide bonds. The summed E-state index contributed by atoms with van der Waals surface area (Å²) >= 11 is 7.36. The Morgan fingerprint density at radius 1 is 1.35 bits per heavy atom. The van der Waals surface area contributed by atoms with E-state index < -0.39 is 0 Å². The number of halogens is 1. The van der Waals surface area contributed by atoms with Crippen molar-refractivity contribution in [1.29, 1.82) is 0 Å².